The van der Waals surface area contributed by atoms with Crippen molar-refractivity contribution in [1.29, 1.82) is 5.26 Å². The Kier molecular flexibility index (Phi) is 2.52. The van der Waals surface area contributed by atoms with Gasteiger partial charge in [0.15, 0.2) is 5.62 Å². The van der Waals surface area contributed by atoms with Crippen LogP contribution in [-0.4, -0.2) is 61.4 Å². The number of hydrogen-bond acceptors (Lipinski definition) is 8. The van der Waals surface area contributed by atoms with Crippen LogP contribution in [0.4, 0.5) is 5.95 Å². The Bertz CT molecular complexity index is 935. The van der Waals surface area contributed by atoms with Crippen molar-refractivity contribution in [1.82, 2.24) is 14.5 Å². The minimum Gasteiger partial charge on any atom is -0.394 e. The number of nitrogen functional groups attached to an aromatic ring is 1. The number of aliphatic hydroxyl groups is 3. The summed E-state index contributed by atoms with van der Waals surface area (Å²) in [6, 6.07) is 0. The molecule has 4 rings (SSSR count). The Morgan fingerprint density at radius 1 is 1.70 bits per heavy atom. The van der Waals surface area contributed by atoms with Crippen LogP contribution in [0.3, 0.4) is 0 Å². The number of aliphatic hydroxyl groups excluding tert-OH is 2. The van der Waals surface area contributed by atoms with Gasteiger partial charge >= 0.3 is 5.65 Å². The number of aromatic amines is 1. The van der Waals surface area contributed by atoms with Crippen LogP contribution in [0.25, 0.3) is 11.2 Å². The van der Waals surface area contributed by atoms with Crippen LogP contribution in [-0.2, 0) is 10.4 Å². The van der Waals surface area contributed by atoms with E-state index in [0.29, 0.717) is 0 Å². The highest BCUT2D eigenvalue weighted by Gasteiger charge is 2.84. The quantitative estimate of drug-likeness (QED) is 0.273. The first-order chi connectivity index (χ1) is 10.9. The molecule has 4 heterocycles. The van der Waals surface area contributed by atoms with Crippen LogP contribution in [0.2, 0.25) is 0 Å². The molecule has 2 aliphatic rings. The second-order valence-corrected chi connectivity index (χ2v) is 5.53. The predicted octanol–water partition coefficient (Wildman–Crippen LogP) is -4.31. The van der Waals surface area contributed by atoms with Gasteiger partial charge in [-0.2, -0.15) is 9.83 Å². The van der Waals surface area contributed by atoms with E-state index in [9.17, 15) is 25.4 Å². The van der Waals surface area contributed by atoms with Gasteiger partial charge in [0, 0.05) is 0 Å². The first-order valence-electron chi connectivity index (χ1n) is 6.67. The van der Waals surface area contributed by atoms with Gasteiger partial charge in [-0.1, -0.05) is 4.98 Å². The van der Waals surface area contributed by atoms with Crippen LogP contribution in [0.15, 0.2) is 11.1 Å². The van der Waals surface area contributed by atoms with E-state index < -0.39 is 35.5 Å². The summed E-state index contributed by atoms with van der Waals surface area (Å²) in [6.07, 6.45) is 0.629. The Morgan fingerprint density at radius 3 is 3.04 bits per heavy atom. The van der Waals surface area contributed by atoms with Crippen LogP contribution in [0.1, 0.15) is 0 Å². The zero-order chi connectivity index (χ0) is 16.6. The summed E-state index contributed by atoms with van der Waals surface area (Å²) in [7, 11) is 1.30. The van der Waals surface area contributed by atoms with Crippen molar-refractivity contribution in [3.63, 3.8) is 0 Å². The van der Waals surface area contributed by atoms with E-state index in [2.05, 4.69) is 9.97 Å². The summed E-state index contributed by atoms with van der Waals surface area (Å²) in [6.45, 7) is -0.507. The molecule has 2 aromatic rings. The van der Waals surface area contributed by atoms with E-state index >= 15 is 0 Å². The molecule has 0 spiro atoms. The maximum absolute atomic E-state index is 12.0. The van der Waals surface area contributed by atoms with Gasteiger partial charge in [0.25, 0.3) is 30.5 Å². The van der Waals surface area contributed by atoms with Crippen molar-refractivity contribution in [2.24, 2.45) is 0 Å². The van der Waals surface area contributed by atoms with Gasteiger partial charge in [0.1, 0.15) is 17.7 Å². The molecule has 11 nitrogen and oxygen atoms in total. The molecule has 0 aliphatic carbocycles. The summed E-state index contributed by atoms with van der Waals surface area (Å²) in [5.41, 5.74) is 1.53. The normalized spacial score (nSPS) is 34.9. The van der Waals surface area contributed by atoms with Gasteiger partial charge in [-0.25, -0.2) is 4.57 Å². The summed E-state index contributed by atoms with van der Waals surface area (Å²) < 4.78 is 7.76. The number of imidazole rings is 1. The molecule has 23 heavy (non-hydrogen) atoms. The lowest BCUT2D eigenvalue weighted by Gasteiger charge is -2.16. The molecule has 6 N–H and O–H groups in total. The first kappa shape index (κ1) is 14.2. The smallest absolute Gasteiger partial charge is 0.314 e. The lowest BCUT2D eigenvalue weighted by atomic mass is 9.90. The number of rotatable bonds is 2. The lowest BCUT2D eigenvalue weighted by Crippen LogP contribution is -2.52. The number of nitrogens with zero attached hydrogens (tertiary/aromatic N) is 4. The van der Waals surface area contributed by atoms with Crippen molar-refractivity contribution in [3.05, 3.63) is 16.7 Å². The van der Waals surface area contributed by atoms with E-state index in [1.165, 1.54) is 18.2 Å². The molecular weight excluding hydrogens is 307 g/mol. The first-order valence-corrected chi connectivity index (χ1v) is 6.67. The third kappa shape index (κ3) is 1.49. The molecule has 1 radical (unpaired) electrons. The van der Waals surface area contributed by atoms with Crippen molar-refractivity contribution >= 4 is 24.4 Å². The SMILES string of the molecule is N#Cn1c[n+]([C@@]23[B][C@@]2(O)[C@H](O)[C@@H](CO)O3)c2nc(N)[nH]c(=O)c21. The molecular formula is C11H11BN6O5+. The molecule has 0 saturated carbocycles. The van der Waals surface area contributed by atoms with E-state index in [4.69, 9.17) is 10.5 Å². The molecule has 2 fully saturated rings. The van der Waals surface area contributed by atoms with Gasteiger partial charge in [0.05, 0.1) is 6.61 Å². The number of nitrogens with two attached hydrogens (primary N) is 1. The molecule has 12 heteroatoms. The van der Waals surface area contributed by atoms with Gasteiger partial charge in [0.2, 0.25) is 6.33 Å². The second-order valence-electron chi connectivity index (χ2n) is 5.53. The Balaban J connectivity index is 1.99. The summed E-state index contributed by atoms with van der Waals surface area (Å²) in [5, 5.41) is 39.0. The third-order valence-electron chi connectivity index (χ3n) is 4.28. The fourth-order valence-electron chi connectivity index (χ4n) is 3.13. The Hall–Kier alpha value is -2.46. The van der Waals surface area contributed by atoms with Crippen LogP contribution < -0.4 is 15.9 Å². The summed E-state index contributed by atoms with van der Waals surface area (Å²) in [5.74, 6) is -0.176. The molecule has 2 aromatic heterocycles. The fraction of sp³-hybridized carbons (Fsp3) is 0.455. The lowest BCUT2D eigenvalue weighted by molar-refractivity contribution is -0.755. The standard InChI is InChI=1S/C11H10BN6O5/c13-2-17-3-18(7-5(17)8(21)16-9(14)15-7)11-10(22,12-11)6(20)4(1-19)23-11/h3-4,6,19-20,22H,1H2,(H2-,14,15,16,21)/p+1/t4-,6-,10-,11+/m1/s1. The third-order valence-corrected chi connectivity index (χ3v) is 4.28. The number of ether oxygens (including phenoxy) is 1. The number of fused-ring (bicyclic) bond motifs is 2. The van der Waals surface area contributed by atoms with E-state index in [1.807, 2.05) is 0 Å². The minimum absolute atomic E-state index is 0.00534. The summed E-state index contributed by atoms with van der Waals surface area (Å²) >= 11 is 0. The van der Waals surface area contributed by atoms with Crippen molar-refractivity contribution < 1.29 is 24.6 Å². The number of aromatic nitrogens is 4. The molecule has 0 unspecified atom stereocenters. The molecule has 2 aliphatic heterocycles. The highest BCUT2D eigenvalue weighted by Crippen LogP contribution is 2.53. The Labute approximate surface area is 128 Å². The predicted molar refractivity (Wildman–Crippen MR) is 72.6 cm³/mol. The van der Waals surface area contributed by atoms with Gasteiger partial charge in [-0.05, 0) is 0 Å². The van der Waals surface area contributed by atoms with Crippen LogP contribution in [0.5, 0.6) is 0 Å². The van der Waals surface area contributed by atoms with Gasteiger partial charge in [-0.15, -0.1) is 0 Å². The zero-order valence-corrected chi connectivity index (χ0v) is 11.5. The minimum atomic E-state index is -1.77. The highest BCUT2D eigenvalue weighted by molar-refractivity contribution is 6.56. The van der Waals surface area contributed by atoms with Crippen LogP contribution >= 0.6 is 0 Å². The maximum Gasteiger partial charge on any atom is 0.314 e. The molecule has 0 amide bonds. The average Bonchev–Trinajstić information content (AvgIpc) is 2.84. The van der Waals surface area contributed by atoms with Gasteiger partial charge in [-0.3, -0.25) is 9.78 Å². The number of H-pyrrole nitrogens is 1. The van der Waals surface area contributed by atoms with E-state index in [1.54, 1.807) is 6.19 Å². The fourth-order valence-corrected chi connectivity index (χ4v) is 3.13. The number of anilines is 1. The Morgan fingerprint density at radius 2 is 2.43 bits per heavy atom. The molecule has 2 saturated heterocycles. The number of nitrogens with one attached hydrogen (secondary N) is 1. The van der Waals surface area contributed by atoms with Gasteiger partial charge < -0.3 is 25.8 Å². The molecule has 0 bridgehead atoms. The maximum atomic E-state index is 12.0. The van der Waals surface area contributed by atoms with E-state index in [0.717, 1.165) is 4.57 Å². The monoisotopic (exact) mass is 318 g/mol. The average molecular weight is 318 g/mol. The molecule has 117 valence electrons. The largest absolute Gasteiger partial charge is 0.394 e. The van der Waals surface area contributed by atoms with Crippen molar-refractivity contribution in [2.75, 3.05) is 12.3 Å². The number of hydrogen-bond donors (Lipinski definition) is 5. The molecule has 0 aromatic carbocycles. The summed E-state index contributed by atoms with van der Waals surface area (Å²) in [4.78, 5) is 18.3. The van der Waals surface area contributed by atoms with E-state index in [-0.39, 0.29) is 17.1 Å². The zero-order valence-electron chi connectivity index (χ0n) is 11.5. The number of nitriles is 1. The highest BCUT2D eigenvalue weighted by atomic mass is 16.6. The molecule has 4 atom stereocenters. The van der Waals surface area contributed by atoms with Crippen LogP contribution in [0, 0.1) is 11.5 Å². The topological polar surface area (TPSA) is 174 Å². The van der Waals surface area contributed by atoms with Crippen molar-refractivity contribution in [2.45, 2.75) is 23.3 Å². The van der Waals surface area contributed by atoms with Crippen molar-refractivity contribution in [3.8, 4) is 6.19 Å². The second kappa shape index (κ2) is 4.09.